The van der Waals surface area contributed by atoms with Crippen molar-refractivity contribution in [2.75, 3.05) is 0 Å². The molecule has 0 aliphatic heterocycles. The van der Waals surface area contributed by atoms with Crippen LogP contribution in [0.2, 0.25) is 0 Å². The van der Waals surface area contributed by atoms with Crippen molar-refractivity contribution in [3.05, 3.63) is 59.7 Å². The SMILES string of the molecule is CC(=O)CCc1ccc(OC(=O)Cc2cccc(OC(C)C)c2)cc1. The van der Waals surface area contributed by atoms with Crippen molar-refractivity contribution in [2.24, 2.45) is 0 Å². The van der Waals surface area contributed by atoms with Crippen LogP contribution in [0.4, 0.5) is 0 Å². The minimum Gasteiger partial charge on any atom is -0.491 e. The highest BCUT2D eigenvalue weighted by Gasteiger charge is 2.08. The Bertz CT molecular complexity index is 717. The van der Waals surface area contributed by atoms with Crippen LogP contribution in [0, 0.1) is 0 Å². The van der Waals surface area contributed by atoms with E-state index in [0.717, 1.165) is 16.9 Å². The van der Waals surface area contributed by atoms with Gasteiger partial charge < -0.3 is 14.3 Å². The second-order valence-corrected chi connectivity index (χ2v) is 6.31. The van der Waals surface area contributed by atoms with E-state index in [0.29, 0.717) is 18.6 Å². The fourth-order valence-electron chi connectivity index (χ4n) is 2.38. The largest absolute Gasteiger partial charge is 0.491 e. The van der Waals surface area contributed by atoms with Gasteiger partial charge in [0.05, 0.1) is 12.5 Å². The van der Waals surface area contributed by atoms with Crippen molar-refractivity contribution in [1.29, 1.82) is 0 Å². The maximum absolute atomic E-state index is 12.1. The highest BCUT2D eigenvalue weighted by molar-refractivity contribution is 5.76. The summed E-state index contributed by atoms with van der Waals surface area (Å²) < 4.78 is 11.0. The summed E-state index contributed by atoms with van der Waals surface area (Å²) in [7, 11) is 0. The molecule has 0 aliphatic rings. The highest BCUT2D eigenvalue weighted by atomic mass is 16.5. The summed E-state index contributed by atoms with van der Waals surface area (Å²) in [6.45, 7) is 5.50. The predicted molar refractivity (Wildman–Crippen MR) is 97.0 cm³/mol. The van der Waals surface area contributed by atoms with Gasteiger partial charge in [-0.25, -0.2) is 0 Å². The van der Waals surface area contributed by atoms with Crippen molar-refractivity contribution in [2.45, 2.75) is 46.1 Å². The third-order valence-corrected chi connectivity index (χ3v) is 3.54. The number of aryl methyl sites for hydroxylation is 1. The van der Waals surface area contributed by atoms with Crippen molar-refractivity contribution >= 4 is 11.8 Å². The fraction of sp³-hybridized carbons (Fsp3) is 0.333. The number of rotatable bonds is 8. The fourth-order valence-corrected chi connectivity index (χ4v) is 2.38. The zero-order chi connectivity index (χ0) is 18.2. The van der Waals surface area contributed by atoms with Crippen molar-refractivity contribution in [3.63, 3.8) is 0 Å². The number of Topliss-reactive ketones (excluding diaryl/α,β-unsaturated/α-hetero) is 1. The smallest absolute Gasteiger partial charge is 0.315 e. The Morgan fingerprint density at radius 1 is 0.960 bits per heavy atom. The molecule has 0 heterocycles. The molecular formula is C21H24O4. The Morgan fingerprint density at radius 3 is 2.32 bits per heavy atom. The minimum absolute atomic E-state index is 0.0868. The number of hydrogen-bond donors (Lipinski definition) is 0. The third kappa shape index (κ3) is 6.79. The molecule has 0 saturated carbocycles. The normalized spacial score (nSPS) is 10.6. The summed E-state index contributed by atoms with van der Waals surface area (Å²) in [5.41, 5.74) is 1.90. The van der Waals surface area contributed by atoms with Gasteiger partial charge in [-0.15, -0.1) is 0 Å². The van der Waals surface area contributed by atoms with Gasteiger partial charge in [0.1, 0.15) is 17.3 Å². The van der Waals surface area contributed by atoms with Crippen LogP contribution in [-0.2, 0) is 22.4 Å². The van der Waals surface area contributed by atoms with Crippen molar-refractivity contribution < 1.29 is 19.1 Å². The Labute approximate surface area is 148 Å². The molecule has 2 aromatic rings. The van der Waals surface area contributed by atoms with E-state index in [2.05, 4.69) is 0 Å². The van der Waals surface area contributed by atoms with Crippen LogP contribution < -0.4 is 9.47 Å². The Hall–Kier alpha value is -2.62. The van der Waals surface area contributed by atoms with E-state index in [1.807, 2.05) is 50.2 Å². The van der Waals surface area contributed by atoms with Gasteiger partial charge in [-0.2, -0.15) is 0 Å². The monoisotopic (exact) mass is 340 g/mol. The predicted octanol–water partition coefficient (Wildman–Crippen LogP) is 4.14. The van der Waals surface area contributed by atoms with Gasteiger partial charge in [-0.3, -0.25) is 4.79 Å². The van der Waals surface area contributed by atoms with Gasteiger partial charge >= 0.3 is 5.97 Å². The van der Waals surface area contributed by atoms with E-state index in [-0.39, 0.29) is 24.3 Å². The lowest BCUT2D eigenvalue weighted by atomic mass is 10.1. The number of ether oxygens (including phenoxy) is 2. The van der Waals surface area contributed by atoms with Gasteiger partial charge in [0.15, 0.2) is 0 Å². The molecule has 25 heavy (non-hydrogen) atoms. The zero-order valence-corrected chi connectivity index (χ0v) is 15.0. The summed E-state index contributed by atoms with van der Waals surface area (Å²) in [5.74, 6) is 1.10. The lowest BCUT2D eigenvalue weighted by molar-refractivity contribution is -0.133. The van der Waals surface area contributed by atoms with Crippen LogP contribution >= 0.6 is 0 Å². The Morgan fingerprint density at radius 2 is 1.68 bits per heavy atom. The molecule has 0 radical (unpaired) electrons. The maximum Gasteiger partial charge on any atom is 0.315 e. The molecule has 0 saturated heterocycles. The molecule has 2 aromatic carbocycles. The second-order valence-electron chi connectivity index (χ2n) is 6.31. The minimum atomic E-state index is -0.321. The van der Waals surface area contributed by atoms with Crippen LogP contribution in [0.1, 0.15) is 38.3 Å². The highest BCUT2D eigenvalue weighted by Crippen LogP contribution is 2.17. The molecule has 4 nitrogen and oxygen atoms in total. The number of hydrogen-bond acceptors (Lipinski definition) is 4. The van der Waals surface area contributed by atoms with Gasteiger partial charge in [-0.1, -0.05) is 24.3 Å². The maximum atomic E-state index is 12.1. The Kier molecular flexibility index (Phi) is 6.75. The van der Waals surface area contributed by atoms with E-state index in [9.17, 15) is 9.59 Å². The van der Waals surface area contributed by atoms with Crippen molar-refractivity contribution in [1.82, 2.24) is 0 Å². The topological polar surface area (TPSA) is 52.6 Å². The van der Waals surface area contributed by atoms with Crippen molar-refractivity contribution in [3.8, 4) is 11.5 Å². The van der Waals surface area contributed by atoms with E-state index in [4.69, 9.17) is 9.47 Å². The first-order valence-corrected chi connectivity index (χ1v) is 8.47. The molecule has 0 bridgehead atoms. The molecule has 132 valence electrons. The van der Waals surface area contributed by atoms with Crippen LogP contribution in [0.3, 0.4) is 0 Å². The molecular weight excluding hydrogens is 316 g/mol. The number of ketones is 1. The molecule has 0 atom stereocenters. The summed E-state index contributed by atoms with van der Waals surface area (Å²) >= 11 is 0. The number of carbonyl (C=O) groups is 2. The summed E-state index contributed by atoms with van der Waals surface area (Å²) in [4.78, 5) is 23.1. The summed E-state index contributed by atoms with van der Waals surface area (Å²) in [5, 5.41) is 0. The molecule has 0 amide bonds. The van der Waals surface area contributed by atoms with Crippen LogP contribution in [0.25, 0.3) is 0 Å². The van der Waals surface area contributed by atoms with Gasteiger partial charge in [0.2, 0.25) is 0 Å². The van der Waals surface area contributed by atoms with Gasteiger partial charge in [-0.05, 0) is 62.6 Å². The molecule has 0 spiro atoms. The molecule has 0 fully saturated rings. The average molecular weight is 340 g/mol. The van der Waals surface area contributed by atoms with Crippen LogP contribution in [-0.4, -0.2) is 17.9 Å². The lowest BCUT2D eigenvalue weighted by Gasteiger charge is -2.11. The molecule has 4 heteroatoms. The standard InChI is InChI=1S/C21H24O4/c1-15(2)24-20-6-4-5-18(13-20)14-21(23)25-19-11-9-17(10-12-19)8-7-16(3)22/h4-6,9-13,15H,7-8,14H2,1-3H3. The molecule has 0 aliphatic carbocycles. The van der Waals surface area contributed by atoms with E-state index >= 15 is 0 Å². The van der Waals surface area contributed by atoms with E-state index in [1.54, 1.807) is 19.1 Å². The van der Waals surface area contributed by atoms with E-state index in [1.165, 1.54) is 0 Å². The lowest BCUT2D eigenvalue weighted by Crippen LogP contribution is -2.11. The first kappa shape index (κ1) is 18.7. The summed E-state index contributed by atoms with van der Waals surface area (Å²) in [6, 6.07) is 14.7. The average Bonchev–Trinajstić information content (AvgIpc) is 2.53. The molecule has 0 aromatic heterocycles. The number of carbonyl (C=O) groups excluding carboxylic acids is 2. The van der Waals surface area contributed by atoms with Crippen LogP contribution in [0.15, 0.2) is 48.5 Å². The van der Waals surface area contributed by atoms with Gasteiger partial charge in [0, 0.05) is 6.42 Å². The molecule has 2 rings (SSSR count). The molecule has 0 N–H and O–H groups in total. The van der Waals surface area contributed by atoms with Gasteiger partial charge in [0.25, 0.3) is 0 Å². The summed E-state index contributed by atoms with van der Waals surface area (Å²) in [6.07, 6.45) is 1.49. The first-order chi connectivity index (χ1) is 11.9. The van der Waals surface area contributed by atoms with Crippen LogP contribution in [0.5, 0.6) is 11.5 Å². The number of esters is 1. The zero-order valence-electron chi connectivity index (χ0n) is 15.0. The number of benzene rings is 2. The first-order valence-electron chi connectivity index (χ1n) is 8.47. The third-order valence-electron chi connectivity index (χ3n) is 3.54. The second kappa shape index (κ2) is 9.02. The quantitative estimate of drug-likeness (QED) is 0.535. The Balaban J connectivity index is 1.90. The van der Waals surface area contributed by atoms with E-state index < -0.39 is 0 Å². The molecule has 0 unspecified atom stereocenters.